The Bertz CT molecular complexity index is 416. The number of nitrogens with zero attached hydrogens (tertiary/aromatic N) is 2. The lowest BCUT2D eigenvalue weighted by atomic mass is 10.2. The minimum Gasteiger partial charge on any atom is -0.456 e. The van der Waals surface area contributed by atoms with Gasteiger partial charge in [-0.05, 0) is 27.7 Å². The van der Waals surface area contributed by atoms with E-state index in [1.807, 2.05) is 27.7 Å². The van der Waals surface area contributed by atoms with Crippen LogP contribution in [0.15, 0.2) is 0 Å². The average molecular weight is 300 g/mol. The van der Waals surface area contributed by atoms with Crippen LogP contribution in [0, 0.1) is 0 Å². The Hall–Kier alpha value is -1.79. The highest BCUT2D eigenvalue weighted by atomic mass is 16.6. The summed E-state index contributed by atoms with van der Waals surface area (Å²) in [5.74, 6) is -0.732. The molecule has 0 unspecified atom stereocenters. The molecule has 0 radical (unpaired) electrons. The standard InChI is InChI=1S/C14H24N2O5/c1-10-8-15(12(18)9-20-11(2)17)6-7-16(10)13(19)21-14(3,4)5/h10H,6-9H2,1-5H3/t10-/m1/s1. The Morgan fingerprint density at radius 2 is 1.81 bits per heavy atom. The number of piperazine rings is 1. The van der Waals surface area contributed by atoms with Crippen molar-refractivity contribution in [3.63, 3.8) is 0 Å². The second-order valence-corrected chi connectivity index (χ2v) is 6.14. The van der Waals surface area contributed by atoms with Crippen LogP contribution >= 0.6 is 0 Å². The van der Waals surface area contributed by atoms with Gasteiger partial charge < -0.3 is 19.3 Å². The van der Waals surface area contributed by atoms with Gasteiger partial charge in [-0.3, -0.25) is 9.59 Å². The highest BCUT2D eigenvalue weighted by molar-refractivity contribution is 5.80. The predicted molar refractivity (Wildman–Crippen MR) is 75.6 cm³/mol. The van der Waals surface area contributed by atoms with Gasteiger partial charge in [0.25, 0.3) is 5.91 Å². The Morgan fingerprint density at radius 3 is 2.29 bits per heavy atom. The van der Waals surface area contributed by atoms with Gasteiger partial charge in [0.2, 0.25) is 0 Å². The van der Waals surface area contributed by atoms with Gasteiger partial charge >= 0.3 is 12.1 Å². The normalized spacial score (nSPS) is 19.2. The van der Waals surface area contributed by atoms with Gasteiger partial charge in [0.1, 0.15) is 5.60 Å². The first-order valence-electron chi connectivity index (χ1n) is 7.01. The zero-order valence-corrected chi connectivity index (χ0v) is 13.3. The van der Waals surface area contributed by atoms with E-state index in [-0.39, 0.29) is 24.6 Å². The van der Waals surface area contributed by atoms with Crippen molar-refractivity contribution in [3.8, 4) is 0 Å². The summed E-state index contributed by atoms with van der Waals surface area (Å²) < 4.78 is 10.0. The van der Waals surface area contributed by atoms with Gasteiger partial charge in [-0.1, -0.05) is 0 Å². The molecule has 0 aliphatic carbocycles. The van der Waals surface area contributed by atoms with Crippen LogP contribution in [0.1, 0.15) is 34.6 Å². The van der Waals surface area contributed by atoms with E-state index in [4.69, 9.17) is 9.47 Å². The molecule has 7 nitrogen and oxygen atoms in total. The molecule has 0 bridgehead atoms. The molecule has 21 heavy (non-hydrogen) atoms. The quantitative estimate of drug-likeness (QED) is 0.712. The molecule has 1 rings (SSSR count). The molecule has 0 saturated carbocycles. The fourth-order valence-corrected chi connectivity index (χ4v) is 2.03. The molecular weight excluding hydrogens is 276 g/mol. The molecular formula is C14H24N2O5. The van der Waals surface area contributed by atoms with Gasteiger partial charge in [0.05, 0.1) is 0 Å². The summed E-state index contributed by atoms with van der Waals surface area (Å²) in [5, 5.41) is 0. The topological polar surface area (TPSA) is 76.2 Å². The number of rotatable bonds is 2. The lowest BCUT2D eigenvalue weighted by Gasteiger charge is -2.40. The van der Waals surface area contributed by atoms with Crippen molar-refractivity contribution in [2.24, 2.45) is 0 Å². The van der Waals surface area contributed by atoms with Crippen LogP contribution in [-0.4, -0.2) is 65.7 Å². The lowest BCUT2D eigenvalue weighted by molar-refractivity contribution is -0.151. The van der Waals surface area contributed by atoms with Crippen molar-refractivity contribution in [1.82, 2.24) is 9.80 Å². The maximum atomic E-state index is 12.0. The van der Waals surface area contributed by atoms with E-state index in [2.05, 4.69) is 0 Å². The predicted octanol–water partition coefficient (Wildman–Crippen LogP) is 1.02. The lowest BCUT2D eigenvalue weighted by Crippen LogP contribution is -2.56. The number of esters is 1. The second kappa shape index (κ2) is 6.78. The molecule has 1 saturated heterocycles. The fourth-order valence-electron chi connectivity index (χ4n) is 2.03. The van der Waals surface area contributed by atoms with Crippen LogP contribution in [0.25, 0.3) is 0 Å². The monoisotopic (exact) mass is 300 g/mol. The summed E-state index contributed by atoms with van der Waals surface area (Å²) in [6.45, 7) is 9.52. The highest BCUT2D eigenvalue weighted by Crippen LogP contribution is 2.15. The van der Waals surface area contributed by atoms with Gasteiger partial charge in [0, 0.05) is 32.6 Å². The van der Waals surface area contributed by atoms with E-state index in [1.54, 1.807) is 9.80 Å². The first-order chi connectivity index (χ1) is 9.60. The molecule has 120 valence electrons. The van der Waals surface area contributed by atoms with Crippen LogP contribution in [-0.2, 0) is 19.1 Å². The molecule has 0 aromatic rings. The van der Waals surface area contributed by atoms with Crippen molar-refractivity contribution in [2.75, 3.05) is 26.2 Å². The van der Waals surface area contributed by atoms with Gasteiger partial charge in [0.15, 0.2) is 6.61 Å². The van der Waals surface area contributed by atoms with E-state index in [0.29, 0.717) is 19.6 Å². The molecule has 2 amide bonds. The number of carbonyl (C=O) groups is 3. The molecule has 0 spiro atoms. The Kier molecular flexibility index (Phi) is 5.57. The molecule has 1 aliphatic rings. The fraction of sp³-hybridized carbons (Fsp3) is 0.786. The minimum atomic E-state index is -0.543. The minimum absolute atomic E-state index is 0.144. The summed E-state index contributed by atoms with van der Waals surface area (Å²) in [5.41, 5.74) is -0.543. The van der Waals surface area contributed by atoms with Crippen LogP contribution in [0.4, 0.5) is 4.79 Å². The number of hydrogen-bond donors (Lipinski definition) is 0. The van der Waals surface area contributed by atoms with Crippen LogP contribution in [0.2, 0.25) is 0 Å². The van der Waals surface area contributed by atoms with Crippen molar-refractivity contribution in [2.45, 2.75) is 46.3 Å². The van der Waals surface area contributed by atoms with E-state index >= 15 is 0 Å². The first-order valence-corrected chi connectivity index (χ1v) is 7.01. The molecule has 0 N–H and O–H groups in total. The van der Waals surface area contributed by atoms with Crippen molar-refractivity contribution < 1.29 is 23.9 Å². The molecule has 0 aromatic heterocycles. The van der Waals surface area contributed by atoms with Crippen LogP contribution < -0.4 is 0 Å². The average Bonchev–Trinajstić information content (AvgIpc) is 2.33. The zero-order chi connectivity index (χ0) is 16.2. The van der Waals surface area contributed by atoms with E-state index in [1.165, 1.54) is 6.92 Å². The Balaban J connectivity index is 2.52. The Labute approximate surface area is 125 Å². The number of hydrogen-bond acceptors (Lipinski definition) is 5. The van der Waals surface area contributed by atoms with Gasteiger partial charge in [-0.25, -0.2) is 4.79 Å². The largest absolute Gasteiger partial charge is 0.456 e. The third-order valence-electron chi connectivity index (χ3n) is 3.01. The van der Waals surface area contributed by atoms with Crippen molar-refractivity contribution in [1.29, 1.82) is 0 Å². The maximum absolute atomic E-state index is 12.0. The summed E-state index contributed by atoms with van der Waals surface area (Å²) in [6.07, 6.45) is -0.373. The SMILES string of the molecule is CC(=O)OCC(=O)N1CCN(C(=O)OC(C)(C)C)[C@H](C)C1. The van der Waals surface area contributed by atoms with Crippen molar-refractivity contribution >= 4 is 18.0 Å². The third-order valence-corrected chi connectivity index (χ3v) is 3.01. The van der Waals surface area contributed by atoms with E-state index < -0.39 is 11.6 Å². The van der Waals surface area contributed by atoms with Crippen LogP contribution in [0.5, 0.6) is 0 Å². The molecule has 0 aromatic carbocycles. The zero-order valence-electron chi connectivity index (χ0n) is 13.3. The summed E-state index contributed by atoms with van der Waals surface area (Å²) in [6, 6.07) is -0.144. The molecule has 1 heterocycles. The van der Waals surface area contributed by atoms with E-state index in [0.717, 1.165) is 0 Å². The van der Waals surface area contributed by atoms with Gasteiger partial charge in [-0.2, -0.15) is 0 Å². The molecule has 1 fully saturated rings. The Morgan fingerprint density at radius 1 is 1.19 bits per heavy atom. The summed E-state index contributed by atoms with van der Waals surface area (Å²) in [4.78, 5) is 37.8. The summed E-state index contributed by atoms with van der Waals surface area (Å²) >= 11 is 0. The molecule has 1 aliphatic heterocycles. The number of carbonyl (C=O) groups excluding carboxylic acids is 3. The smallest absolute Gasteiger partial charge is 0.410 e. The van der Waals surface area contributed by atoms with Crippen molar-refractivity contribution in [3.05, 3.63) is 0 Å². The summed E-state index contributed by atoms with van der Waals surface area (Å²) in [7, 11) is 0. The second-order valence-electron chi connectivity index (χ2n) is 6.14. The molecule has 7 heteroatoms. The highest BCUT2D eigenvalue weighted by Gasteiger charge is 2.32. The molecule has 1 atom stereocenters. The van der Waals surface area contributed by atoms with Crippen LogP contribution in [0.3, 0.4) is 0 Å². The number of ether oxygens (including phenoxy) is 2. The number of amides is 2. The first kappa shape index (κ1) is 17.3. The maximum Gasteiger partial charge on any atom is 0.410 e. The third kappa shape index (κ3) is 5.61. The van der Waals surface area contributed by atoms with E-state index in [9.17, 15) is 14.4 Å². The van der Waals surface area contributed by atoms with Gasteiger partial charge in [-0.15, -0.1) is 0 Å².